The minimum Gasteiger partial charge on any atom is -0.349 e. The molecule has 0 radical (unpaired) electrons. The maximum Gasteiger partial charge on any atom is 0.340 e. The van der Waals surface area contributed by atoms with Gasteiger partial charge in [-0.2, -0.15) is 10.2 Å². The highest BCUT2D eigenvalue weighted by molar-refractivity contribution is 5.78. The molecule has 0 bridgehead atoms. The van der Waals surface area contributed by atoms with Crippen LogP contribution >= 0.6 is 0 Å². The molecule has 2 heterocycles. The number of carbonyl (C=O) groups is 1. The lowest BCUT2D eigenvalue weighted by molar-refractivity contribution is -0.121. The van der Waals surface area contributed by atoms with Crippen molar-refractivity contribution >= 4 is 5.91 Å². The molecule has 0 saturated carbocycles. The monoisotopic (exact) mass is 394 g/mol. The molecule has 8 heteroatoms. The molecule has 1 amide bonds. The van der Waals surface area contributed by atoms with Crippen LogP contribution in [0.2, 0.25) is 0 Å². The molecule has 0 aliphatic heterocycles. The quantitative estimate of drug-likeness (QED) is 0.631. The number of benzene rings is 1. The predicted molar refractivity (Wildman–Crippen MR) is 109 cm³/mol. The number of aromatic amines is 2. The number of rotatable bonds is 4. The molecule has 1 atom stereocenters. The fourth-order valence-corrected chi connectivity index (χ4v) is 3.82. The summed E-state index contributed by atoms with van der Waals surface area (Å²) in [5.74, 6) is 0.158. The van der Waals surface area contributed by atoms with Gasteiger partial charge < -0.3 is 5.32 Å². The summed E-state index contributed by atoms with van der Waals surface area (Å²) in [4.78, 5) is 26.0. The van der Waals surface area contributed by atoms with Gasteiger partial charge in [-0.25, -0.2) is 14.6 Å². The van der Waals surface area contributed by atoms with Crippen LogP contribution in [0, 0.1) is 0 Å². The lowest BCUT2D eigenvalue weighted by Crippen LogP contribution is -2.32. The average molecular weight is 394 g/mol. The van der Waals surface area contributed by atoms with E-state index in [1.807, 2.05) is 10.9 Å². The molecule has 1 aromatic carbocycles. The second-order valence-corrected chi connectivity index (χ2v) is 8.57. The number of nitrogens with one attached hydrogen (secondary N) is 3. The van der Waals surface area contributed by atoms with Crippen molar-refractivity contribution in [2.24, 2.45) is 0 Å². The van der Waals surface area contributed by atoms with Crippen LogP contribution in [0.1, 0.15) is 62.3 Å². The van der Waals surface area contributed by atoms with Crippen LogP contribution in [-0.2, 0) is 23.1 Å². The first-order valence-corrected chi connectivity index (χ1v) is 9.92. The molecule has 4 rings (SSSR count). The lowest BCUT2D eigenvalue weighted by atomic mass is 9.87. The predicted octanol–water partition coefficient (Wildman–Crippen LogP) is 2.32. The van der Waals surface area contributed by atoms with Gasteiger partial charge in [0, 0.05) is 11.3 Å². The van der Waals surface area contributed by atoms with E-state index in [4.69, 9.17) is 0 Å². The number of carbonyl (C=O) groups excluding carboxylic acids is 1. The zero-order valence-corrected chi connectivity index (χ0v) is 17.0. The first-order chi connectivity index (χ1) is 13.8. The van der Waals surface area contributed by atoms with Gasteiger partial charge in [0.15, 0.2) is 0 Å². The Morgan fingerprint density at radius 2 is 2.03 bits per heavy atom. The first-order valence-electron chi connectivity index (χ1n) is 9.92. The zero-order chi connectivity index (χ0) is 20.6. The van der Waals surface area contributed by atoms with Crippen molar-refractivity contribution in [2.45, 2.75) is 57.9 Å². The summed E-state index contributed by atoms with van der Waals surface area (Å²) in [6.07, 6.45) is 4.66. The normalized spacial score (nSPS) is 16.4. The van der Waals surface area contributed by atoms with Crippen LogP contribution < -0.4 is 11.0 Å². The molecule has 3 aromatic rings. The average Bonchev–Trinajstić information content (AvgIpc) is 3.28. The summed E-state index contributed by atoms with van der Waals surface area (Å²) in [5, 5.41) is 13.7. The Hall–Kier alpha value is -3.16. The number of H-pyrrole nitrogens is 2. The van der Waals surface area contributed by atoms with E-state index in [0.717, 1.165) is 36.2 Å². The van der Waals surface area contributed by atoms with Crippen molar-refractivity contribution in [3.63, 3.8) is 0 Å². The summed E-state index contributed by atoms with van der Waals surface area (Å²) < 4.78 is 1.98. The maximum atomic E-state index is 12.4. The number of hydrogen-bond donors (Lipinski definition) is 3. The van der Waals surface area contributed by atoms with Crippen molar-refractivity contribution in [3.05, 3.63) is 63.6 Å². The molecule has 0 fully saturated rings. The summed E-state index contributed by atoms with van der Waals surface area (Å²) in [6, 6.07) is 8.42. The molecule has 1 aliphatic carbocycles. The van der Waals surface area contributed by atoms with Crippen molar-refractivity contribution in [2.75, 3.05) is 0 Å². The van der Waals surface area contributed by atoms with Gasteiger partial charge in [-0.1, -0.05) is 32.9 Å². The topological polar surface area (TPSA) is 108 Å². The molecule has 152 valence electrons. The maximum absolute atomic E-state index is 12.4. The van der Waals surface area contributed by atoms with E-state index in [1.165, 1.54) is 5.56 Å². The minimum atomic E-state index is -0.411. The largest absolute Gasteiger partial charge is 0.349 e. The van der Waals surface area contributed by atoms with Gasteiger partial charge in [-0.05, 0) is 42.4 Å². The second-order valence-electron chi connectivity index (χ2n) is 8.57. The Balaban J connectivity index is 1.53. The van der Waals surface area contributed by atoms with E-state index < -0.39 is 5.69 Å². The van der Waals surface area contributed by atoms with E-state index in [9.17, 15) is 9.59 Å². The van der Waals surface area contributed by atoms with E-state index in [0.29, 0.717) is 5.82 Å². The van der Waals surface area contributed by atoms with Gasteiger partial charge in [0.05, 0.1) is 24.3 Å². The van der Waals surface area contributed by atoms with Crippen molar-refractivity contribution in [3.8, 4) is 5.69 Å². The Labute approximate surface area is 168 Å². The van der Waals surface area contributed by atoms with E-state index in [1.54, 1.807) is 0 Å². The molecule has 0 saturated heterocycles. The standard InChI is InChI=1S/C21H26N6O2/c1-21(2,3)13-7-9-14(10-8-13)27-17-6-4-5-16(15(17)12-22-27)23-19(28)11-18-24-20(29)26-25-18/h7-10,12,16H,4-6,11H2,1-3H3,(H,23,28)(H2,24,25,26,29)/t16-/m1/s1. The third-order valence-corrected chi connectivity index (χ3v) is 5.37. The van der Waals surface area contributed by atoms with Crippen LogP contribution in [-0.4, -0.2) is 30.9 Å². The van der Waals surface area contributed by atoms with Gasteiger partial charge in [-0.3, -0.25) is 9.78 Å². The van der Waals surface area contributed by atoms with E-state index >= 15 is 0 Å². The number of fused-ring (bicyclic) bond motifs is 1. The highest BCUT2D eigenvalue weighted by atomic mass is 16.2. The van der Waals surface area contributed by atoms with Crippen LogP contribution in [0.5, 0.6) is 0 Å². The molecular formula is C21H26N6O2. The molecule has 1 aliphatic rings. The highest BCUT2D eigenvalue weighted by Crippen LogP contribution is 2.31. The Morgan fingerprint density at radius 1 is 1.28 bits per heavy atom. The smallest absolute Gasteiger partial charge is 0.340 e. The van der Waals surface area contributed by atoms with Crippen LogP contribution in [0.3, 0.4) is 0 Å². The van der Waals surface area contributed by atoms with Gasteiger partial charge in [-0.15, -0.1) is 0 Å². The molecule has 0 unspecified atom stereocenters. The van der Waals surface area contributed by atoms with Crippen molar-refractivity contribution in [1.29, 1.82) is 0 Å². The van der Waals surface area contributed by atoms with E-state index in [-0.39, 0.29) is 23.8 Å². The Bertz CT molecular complexity index is 1070. The second kappa shape index (κ2) is 7.35. The molecule has 8 nitrogen and oxygen atoms in total. The number of amides is 1. The third-order valence-electron chi connectivity index (χ3n) is 5.37. The lowest BCUT2D eigenvalue weighted by Gasteiger charge is -2.24. The van der Waals surface area contributed by atoms with Crippen molar-refractivity contribution in [1.82, 2.24) is 30.3 Å². The van der Waals surface area contributed by atoms with E-state index in [2.05, 4.69) is 70.6 Å². The Kier molecular flexibility index (Phi) is 4.86. The number of aromatic nitrogens is 5. The number of nitrogens with zero attached hydrogens (tertiary/aromatic N) is 3. The SMILES string of the molecule is CC(C)(C)c1ccc(-n2ncc3c2CCC[C@H]3NC(=O)Cc2n[nH]c(=O)[nH]2)cc1. The van der Waals surface area contributed by atoms with Gasteiger partial charge in [0.25, 0.3) is 0 Å². The van der Waals surface area contributed by atoms with Gasteiger partial charge in [0.1, 0.15) is 5.82 Å². The Morgan fingerprint density at radius 3 is 2.69 bits per heavy atom. The fourth-order valence-electron chi connectivity index (χ4n) is 3.82. The molecular weight excluding hydrogens is 368 g/mol. The summed E-state index contributed by atoms with van der Waals surface area (Å²) in [5.41, 5.74) is 4.20. The van der Waals surface area contributed by atoms with Crippen molar-refractivity contribution < 1.29 is 4.79 Å². The summed E-state index contributed by atoms with van der Waals surface area (Å²) in [7, 11) is 0. The molecule has 29 heavy (non-hydrogen) atoms. The third kappa shape index (κ3) is 4.01. The van der Waals surface area contributed by atoms with Crippen LogP contribution in [0.15, 0.2) is 35.3 Å². The zero-order valence-electron chi connectivity index (χ0n) is 17.0. The molecule has 0 spiro atoms. The summed E-state index contributed by atoms with van der Waals surface area (Å²) >= 11 is 0. The molecule has 3 N–H and O–H groups in total. The van der Waals surface area contributed by atoms with Crippen LogP contribution in [0.25, 0.3) is 5.69 Å². The number of hydrogen-bond acceptors (Lipinski definition) is 4. The minimum absolute atomic E-state index is 0.0347. The first kappa shape index (κ1) is 19.2. The summed E-state index contributed by atoms with van der Waals surface area (Å²) in [6.45, 7) is 6.59. The van der Waals surface area contributed by atoms with Gasteiger partial charge >= 0.3 is 5.69 Å². The fraction of sp³-hybridized carbons (Fsp3) is 0.429. The van der Waals surface area contributed by atoms with Gasteiger partial charge in [0.2, 0.25) is 5.91 Å². The molecule has 2 aromatic heterocycles. The van der Waals surface area contributed by atoms with Crippen LogP contribution in [0.4, 0.5) is 0 Å². The highest BCUT2D eigenvalue weighted by Gasteiger charge is 2.26.